The highest BCUT2D eigenvalue weighted by molar-refractivity contribution is 6.30. The van der Waals surface area contributed by atoms with Crippen LogP contribution in [0.2, 0.25) is 5.02 Å². The summed E-state index contributed by atoms with van der Waals surface area (Å²) in [5, 5.41) is 9.86. The molecule has 2 rings (SSSR count). The third-order valence-electron chi connectivity index (χ3n) is 2.00. The van der Waals surface area contributed by atoms with Crippen molar-refractivity contribution in [3.8, 4) is 5.75 Å². The molecule has 0 amide bonds. The lowest BCUT2D eigenvalue weighted by atomic mass is 10.4. The van der Waals surface area contributed by atoms with Gasteiger partial charge in [-0.05, 0) is 6.92 Å². The molecule has 0 radical (unpaired) electrons. The van der Waals surface area contributed by atoms with Crippen LogP contribution < -0.4 is 0 Å². The molecule has 1 N–H and O–H groups in total. The Hall–Kier alpha value is -1.55. The minimum absolute atomic E-state index is 0.0336. The summed E-state index contributed by atoms with van der Waals surface area (Å²) in [4.78, 5) is 14.8. The molecule has 0 aliphatic rings. The Morgan fingerprint density at radius 1 is 1.64 bits per heavy atom. The molecule has 0 saturated heterocycles. The van der Waals surface area contributed by atoms with E-state index in [1.165, 1.54) is 10.5 Å². The van der Waals surface area contributed by atoms with Crippen LogP contribution in [0.4, 0.5) is 0 Å². The summed E-state index contributed by atoms with van der Waals surface area (Å²) >= 11 is 5.74. The van der Waals surface area contributed by atoms with Crippen LogP contribution in [0.5, 0.6) is 5.75 Å². The molecule has 2 aromatic heterocycles. The molecule has 0 aromatic carbocycles. The van der Waals surface area contributed by atoms with Gasteiger partial charge in [0.05, 0.1) is 10.7 Å². The van der Waals surface area contributed by atoms with E-state index < -0.39 is 0 Å². The first-order valence-electron chi connectivity index (χ1n) is 3.96. The SMILES string of the molecule is Cc1nc2c(O)cc(Cl)cn2c1C=O. The topological polar surface area (TPSA) is 54.6 Å². The molecule has 0 saturated carbocycles. The summed E-state index contributed by atoms with van der Waals surface area (Å²) in [6, 6.07) is 1.39. The summed E-state index contributed by atoms with van der Waals surface area (Å²) in [6.45, 7) is 1.70. The molecule has 0 bridgehead atoms. The van der Waals surface area contributed by atoms with E-state index in [1.54, 1.807) is 13.1 Å². The molecule has 2 heterocycles. The number of hydrogen-bond donors (Lipinski definition) is 1. The predicted octanol–water partition coefficient (Wildman–Crippen LogP) is 1.81. The van der Waals surface area contributed by atoms with Crippen molar-refractivity contribution in [1.29, 1.82) is 0 Å². The van der Waals surface area contributed by atoms with Crippen LogP contribution in [0.1, 0.15) is 16.2 Å². The minimum atomic E-state index is -0.0336. The Bertz CT molecular complexity index is 519. The zero-order valence-electron chi connectivity index (χ0n) is 7.36. The van der Waals surface area contributed by atoms with E-state index >= 15 is 0 Å². The molecule has 0 unspecified atom stereocenters. The summed E-state index contributed by atoms with van der Waals surface area (Å²) in [7, 11) is 0. The first-order chi connectivity index (χ1) is 6.63. The van der Waals surface area contributed by atoms with Crippen LogP contribution in [0.25, 0.3) is 5.65 Å². The van der Waals surface area contributed by atoms with Gasteiger partial charge in [-0.25, -0.2) is 4.98 Å². The van der Waals surface area contributed by atoms with Crippen LogP contribution in [-0.4, -0.2) is 20.8 Å². The molecular formula is C9H7ClN2O2. The van der Waals surface area contributed by atoms with Crippen LogP contribution in [0.15, 0.2) is 12.3 Å². The maximum absolute atomic E-state index is 10.7. The highest BCUT2D eigenvalue weighted by atomic mass is 35.5. The van der Waals surface area contributed by atoms with Crippen molar-refractivity contribution in [3.05, 3.63) is 28.7 Å². The number of halogens is 1. The predicted molar refractivity (Wildman–Crippen MR) is 52.0 cm³/mol. The lowest BCUT2D eigenvalue weighted by molar-refractivity contribution is 0.111. The molecule has 72 valence electrons. The number of hydrogen-bond acceptors (Lipinski definition) is 3. The third kappa shape index (κ3) is 1.15. The van der Waals surface area contributed by atoms with Crippen molar-refractivity contribution in [3.63, 3.8) is 0 Å². The maximum Gasteiger partial charge on any atom is 0.180 e. The summed E-state index contributed by atoms with van der Waals surface area (Å²) in [5.74, 6) is -0.0336. The number of aromatic hydroxyl groups is 1. The van der Waals surface area contributed by atoms with Gasteiger partial charge in [-0.15, -0.1) is 0 Å². The average Bonchev–Trinajstić information content (AvgIpc) is 2.41. The maximum atomic E-state index is 10.7. The van der Waals surface area contributed by atoms with E-state index in [0.717, 1.165) is 0 Å². The monoisotopic (exact) mass is 210 g/mol. The van der Waals surface area contributed by atoms with Crippen LogP contribution in [0.3, 0.4) is 0 Å². The van der Waals surface area contributed by atoms with E-state index in [1.807, 2.05) is 0 Å². The summed E-state index contributed by atoms with van der Waals surface area (Å²) in [6.07, 6.45) is 2.23. The number of nitrogens with zero attached hydrogens (tertiary/aromatic N) is 2. The second-order valence-corrected chi connectivity index (χ2v) is 3.37. The number of imidazole rings is 1. The molecule has 2 aromatic rings. The van der Waals surface area contributed by atoms with Gasteiger partial charge < -0.3 is 5.11 Å². The van der Waals surface area contributed by atoms with Crippen LogP contribution >= 0.6 is 11.6 Å². The minimum Gasteiger partial charge on any atom is -0.504 e. The van der Waals surface area contributed by atoms with Gasteiger partial charge in [0.25, 0.3) is 0 Å². The summed E-state index contributed by atoms with van der Waals surface area (Å²) in [5.41, 5.74) is 1.31. The average molecular weight is 211 g/mol. The Morgan fingerprint density at radius 2 is 2.36 bits per heavy atom. The number of carbonyl (C=O) groups excluding carboxylic acids is 1. The van der Waals surface area contributed by atoms with Crippen molar-refractivity contribution < 1.29 is 9.90 Å². The molecule has 5 heteroatoms. The number of rotatable bonds is 1. The van der Waals surface area contributed by atoms with E-state index in [-0.39, 0.29) is 5.75 Å². The van der Waals surface area contributed by atoms with E-state index in [0.29, 0.717) is 28.3 Å². The van der Waals surface area contributed by atoms with Gasteiger partial charge in [0, 0.05) is 12.3 Å². The van der Waals surface area contributed by atoms with Gasteiger partial charge in [0.2, 0.25) is 0 Å². The number of carbonyl (C=O) groups is 1. The highest BCUT2D eigenvalue weighted by Crippen LogP contribution is 2.24. The van der Waals surface area contributed by atoms with Crippen molar-refractivity contribution in [2.45, 2.75) is 6.92 Å². The zero-order chi connectivity index (χ0) is 10.3. The summed E-state index contributed by atoms with van der Waals surface area (Å²) < 4.78 is 1.47. The van der Waals surface area contributed by atoms with Gasteiger partial charge in [-0.1, -0.05) is 11.6 Å². The molecule has 0 aliphatic carbocycles. The van der Waals surface area contributed by atoms with Gasteiger partial charge >= 0.3 is 0 Å². The number of aromatic nitrogens is 2. The zero-order valence-corrected chi connectivity index (χ0v) is 8.12. The van der Waals surface area contributed by atoms with Crippen molar-refractivity contribution in [2.75, 3.05) is 0 Å². The molecule has 0 aliphatic heterocycles. The fourth-order valence-electron chi connectivity index (χ4n) is 1.37. The number of fused-ring (bicyclic) bond motifs is 1. The van der Waals surface area contributed by atoms with Crippen molar-refractivity contribution in [2.24, 2.45) is 0 Å². The first kappa shape index (κ1) is 9.02. The van der Waals surface area contributed by atoms with Crippen LogP contribution in [0, 0.1) is 6.92 Å². The Morgan fingerprint density at radius 3 is 3.00 bits per heavy atom. The molecule has 14 heavy (non-hydrogen) atoms. The molecular weight excluding hydrogens is 204 g/mol. The first-order valence-corrected chi connectivity index (χ1v) is 4.33. The number of pyridine rings is 1. The van der Waals surface area contributed by atoms with E-state index in [4.69, 9.17) is 11.6 Å². The molecule has 0 atom stereocenters. The van der Waals surface area contributed by atoms with Gasteiger partial charge in [-0.2, -0.15) is 0 Å². The largest absolute Gasteiger partial charge is 0.504 e. The quantitative estimate of drug-likeness (QED) is 0.731. The lowest BCUT2D eigenvalue weighted by Gasteiger charge is -1.98. The Kier molecular flexibility index (Phi) is 1.93. The highest BCUT2D eigenvalue weighted by Gasteiger charge is 2.11. The second-order valence-electron chi connectivity index (χ2n) is 2.94. The van der Waals surface area contributed by atoms with Crippen LogP contribution in [-0.2, 0) is 0 Å². The fraction of sp³-hybridized carbons (Fsp3) is 0.111. The number of aldehydes is 1. The lowest BCUT2D eigenvalue weighted by Crippen LogP contribution is -1.91. The number of aryl methyl sites for hydroxylation is 1. The second kappa shape index (κ2) is 2.99. The third-order valence-corrected chi connectivity index (χ3v) is 2.21. The smallest absolute Gasteiger partial charge is 0.180 e. The van der Waals surface area contributed by atoms with Crippen molar-refractivity contribution in [1.82, 2.24) is 9.38 Å². The van der Waals surface area contributed by atoms with Gasteiger partial charge in [-0.3, -0.25) is 9.20 Å². The van der Waals surface area contributed by atoms with Gasteiger partial charge in [0.1, 0.15) is 5.69 Å². The van der Waals surface area contributed by atoms with E-state index in [9.17, 15) is 9.90 Å². The molecule has 0 fully saturated rings. The fourth-order valence-corrected chi connectivity index (χ4v) is 1.57. The van der Waals surface area contributed by atoms with E-state index in [2.05, 4.69) is 4.98 Å². The molecule has 0 spiro atoms. The Balaban J connectivity index is 2.94. The van der Waals surface area contributed by atoms with Gasteiger partial charge in [0.15, 0.2) is 17.7 Å². The normalized spacial score (nSPS) is 10.7. The Labute approximate surface area is 84.8 Å². The standard InChI is InChI=1S/C9H7ClN2O2/c1-5-7(4-13)12-3-6(10)2-8(14)9(12)11-5/h2-4,14H,1H3. The molecule has 4 nitrogen and oxygen atoms in total. The van der Waals surface area contributed by atoms with Crippen molar-refractivity contribution >= 4 is 23.5 Å².